The van der Waals surface area contributed by atoms with E-state index in [0.29, 0.717) is 17.2 Å². The van der Waals surface area contributed by atoms with Gasteiger partial charge in [0.05, 0.1) is 17.8 Å². The Labute approximate surface area is 182 Å². The summed E-state index contributed by atoms with van der Waals surface area (Å²) in [6.07, 6.45) is 2.13. The number of hydrogen-bond donors (Lipinski definition) is 3. The van der Waals surface area contributed by atoms with E-state index < -0.39 is 21.8 Å². The first-order valence-corrected chi connectivity index (χ1v) is 11.3. The highest BCUT2D eigenvalue weighted by Crippen LogP contribution is 2.32. The number of aromatic nitrogens is 3. The van der Waals surface area contributed by atoms with Crippen LogP contribution in [0, 0.1) is 0 Å². The van der Waals surface area contributed by atoms with Gasteiger partial charge in [-0.25, -0.2) is 13.4 Å². The van der Waals surface area contributed by atoms with Crippen molar-refractivity contribution in [3.63, 3.8) is 0 Å². The quantitative estimate of drug-likeness (QED) is 0.532. The molecule has 0 unspecified atom stereocenters. The largest absolute Gasteiger partial charge is 0.416 e. The fraction of sp³-hybridized carbons (Fsp3) is 0.300. The van der Waals surface area contributed by atoms with Gasteiger partial charge in [0, 0.05) is 29.2 Å². The molecule has 0 spiro atoms. The van der Waals surface area contributed by atoms with Crippen molar-refractivity contribution < 1.29 is 21.6 Å². The summed E-state index contributed by atoms with van der Waals surface area (Å²) in [4.78, 5) is 3.64. The number of nitrogens with zero attached hydrogens (tertiary/aromatic N) is 3. The summed E-state index contributed by atoms with van der Waals surface area (Å²) in [5.74, 6) is -0.265. The van der Waals surface area contributed by atoms with Crippen LogP contribution in [0.2, 0.25) is 0 Å². The summed E-state index contributed by atoms with van der Waals surface area (Å²) in [6, 6.07) is 5.50. The van der Waals surface area contributed by atoms with E-state index in [1.54, 1.807) is 6.20 Å². The molecular formula is C20H21F3N6O2S. The lowest BCUT2D eigenvalue weighted by Crippen LogP contribution is -2.29. The van der Waals surface area contributed by atoms with Gasteiger partial charge in [0.1, 0.15) is 10.7 Å². The van der Waals surface area contributed by atoms with E-state index in [4.69, 9.17) is 5.73 Å². The molecule has 32 heavy (non-hydrogen) atoms. The minimum atomic E-state index is -4.60. The van der Waals surface area contributed by atoms with Gasteiger partial charge in [-0.3, -0.25) is 9.40 Å². The molecule has 0 atom stereocenters. The van der Waals surface area contributed by atoms with Crippen molar-refractivity contribution in [3.8, 4) is 11.1 Å². The molecular weight excluding hydrogens is 445 g/mol. The SMILES string of the molecule is Nc1ncc(-c2cnn(C3CCNCC3)c2)cc1S(=O)(=O)Nc1cccc(C(F)(F)F)c1. The highest BCUT2D eigenvalue weighted by atomic mass is 32.2. The topological polar surface area (TPSA) is 115 Å². The van der Waals surface area contributed by atoms with E-state index in [-0.39, 0.29) is 22.4 Å². The molecule has 0 bridgehead atoms. The summed E-state index contributed by atoms with van der Waals surface area (Å²) >= 11 is 0. The van der Waals surface area contributed by atoms with Gasteiger partial charge in [-0.15, -0.1) is 0 Å². The molecule has 170 valence electrons. The molecule has 4 rings (SSSR count). The van der Waals surface area contributed by atoms with Crippen molar-refractivity contribution in [1.82, 2.24) is 20.1 Å². The predicted octanol–water partition coefficient (Wildman–Crippen LogP) is 3.27. The number of benzene rings is 1. The molecule has 1 saturated heterocycles. The molecule has 0 aliphatic carbocycles. The van der Waals surface area contributed by atoms with Gasteiger partial charge < -0.3 is 11.1 Å². The maximum Gasteiger partial charge on any atom is 0.416 e. The van der Waals surface area contributed by atoms with Gasteiger partial charge in [-0.1, -0.05) is 6.07 Å². The normalized spacial score (nSPS) is 15.6. The third-order valence-electron chi connectivity index (χ3n) is 5.23. The van der Waals surface area contributed by atoms with Crippen LogP contribution in [0.4, 0.5) is 24.7 Å². The van der Waals surface area contributed by atoms with Crippen LogP contribution in [0.25, 0.3) is 11.1 Å². The lowest BCUT2D eigenvalue weighted by atomic mass is 10.1. The van der Waals surface area contributed by atoms with Crippen molar-refractivity contribution >= 4 is 21.5 Å². The first-order valence-electron chi connectivity index (χ1n) is 9.84. The van der Waals surface area contributed by atoms with Crippen LogP contribution in [0.5, 0.6) is 0 Å². The van der Waals surface area contributed by atoms with E-state index in [1.807, 2.05) is 10.9 Å². The number of rotatable bonds is 5. The van der Waals surface area contributed by atoms with Gasteiger partial charge in [0.15, 0.2) is 0 Å². The minimum Gasteiger partial charge on any atom is -0.383 e. The molecule has 3 aromatic rings. The van der Waals surface area contributed by atoms with Crippen molar-refractivity contribution in [1.29, 1.82) is 0 Å². The Kier molecular flexibility index (Phi) is 5.82. The van der Waals surface area contributed by atoms with Gasteiger partial charge in [-0.2, -0.15) is 18.3 Å². The smallest absolute Gasteiger partial charge is 0.383 e. The van der Waals surface area contributed by atoms with Crippen LogP contribution in [0.3, 0.4) is 0 Å². The third kappa shape index (κ3) is 4.70. The van der Waals surface area contributed by atoms with Gasteiger partial charge in [0.2, 0.25) is 0 Å². The third-order valence-corrected chi connectivity index (χ3v) is 6.64. The van der Waals surface area contributed by atoms with E-state index >= 15 is 0 Å². The summed E-state index contributed by atoms with van der Waals surface area (Å²) < 4.78 is 68.6. The Morgan fingerprint density at radius 2 is 1.88 bits per heavy atom. The molecule has 1 fully saturated rings. The van der Waals surface area contributed by atoms with Crippen LogP contribution in [0.15, 0.2) is 53.8 Å². The maximum atomic E-state index is 12.9. The Bertz CT molecular complexity index is 1220. The molecule has 4 N–H and O–H groups in total. The average Bonchev–Trinajstić information content (AvgIpc) is 3.24. The predicted molar refractivity (Wildman–Crippen MR) is 113 cm³/mol. The zero-order valence-corrected chi connectivity index (χ0v) is 17.6. The number of pyridine rings is 1. The van der Waals surface area contributed by atoms with E-state index in [2.05, 4.69) is 20.1 Å². The number of alkyl halides is 3. The summed E-state index contributed by atoms with van der Waals surface area (Å²) in [7, 11) is -4.29. The number of anilines is 2. The zero-order valence-electron chi connectivity index (χ0n) is 16.8. The molecule has 1 aliphatic heterocycles. The number of sulfonamides is 1. The number of nitrogen functional groups attached to an aromatic ring is 1. The Hall–Kier alpha value is -3.12. The second kappa shape index (κ2) is 8.43. The molecule has 0 radical (unpaired) electrons. The second-order valence-electron chi connectivity index (χ2n) is 7.48. The summed E-state index contributed by atoms with van der Waals surface area (Å²) in [5, 5.41) is 7.67. The lowest BCUT2D eigenvalue weighted by molar-refractivity contribution is -0.137. The van der Waals surface area contributed by atoms with E-state index in [1.165, 1.54) is 18.3 Å². The van der Waals surface area contributed by atoms with Crippen LogP contribution in [-0.4, -0.2) is 36.3 Å². The lowest BCUT2D eigenvalue weighted by Gasteiger charge is -2.22. The highest BCUT2D eigenvalue weighted by Gasteiger charge is 2.31. The molecule has 3 heterocycles. The summed E-state index contributed by atoms with van der Waals surface area (Å²) in [5.41, 5.74) is 5.72. The van der Waals surface area contributed by atoms with Crippen LogP contribution in [-0.2, 0) is 16.2 Å². The monoisotopic (exact) mass is 466 g/mol. The molecule has 0 amide bonds. The van der Waals surface area contributed by atoms with Gasteiger partial charge >= 0.3 is 6.18 Å². The first-order chi connectivity index (χ1) is 15.1. The number of nitrogens with two attached hydrogens (primary N) is 1. The highest BCUT2D eigenvalue weighted by molar-refractivity contribution is 7.92. The van der Waals surface area contributed by atoms with Crippen LogP contribution >= 0.6 is 0 Å². The molecule has 2 aromatic heterocycles. The molecule has 0 saturated carbocycles. The number of nitrogens with one attached hydrogen (secondary N) is 2. The number of hydrogen-bond acceptors (Lipinski definition) is 6. The van der Waals surface area contributed by atoms with Crippen molar-refractivity contribution in [2.45, 2.75) is 30.0 Å². The van der Waals surface area contributed by atoms with Gasteiger partial charge in [-0.05, 0) is 50.2 Å². The van der Waals surface area contributed by atoms with Crippen LogP contribution in [0.1, 0.15) is 24.4 Å². The Morgan fingerprint density at radius 1 is 1.12 bits per heavy atom. The maximum absolute atomic E-state index is 12.9. The standard InChI is InChI=1S/C20H21F3N6O2S/c21-20(22,23)15-2-1-3-16(9-15)28-32(30,31)18-8-13(10-26-19(18)24)14-11-27-29(12-14)17-4-6-25-7-5-17/h1-3,8-12,17,25,28H,4-7H2,(H2,24,26). The fourth-order valence-corrected chi connectivity index (χ4v) is 4.71. The molecule has 8 nitrogen and oxygen atoms in total. The first kappa shape index (κ1) is 22.1. The second-order valence-corrected chi connectivity index (χ2v) is 9.13. The Balaban J connectivity index is 1.62. The van der Waals surface area contributed by atoms with Crippen molar-refractivity contribution in [2.75, 3.05) is 23.5 Å². The Morgan fingerprint density at radius 3 is 2.59 bits per heavy atom. The zero-order chi connectivity index (χ0) is 22.9. The molecule has 12 heteroatoms. The minimum absolute atomic E-state index is 0.233. The fourth-order valence-electron chi connectivity index (χ4n) is 3.56. The van der Waals surface area contributed by atoms with Crippen molar-refractivity contribution in [2.24, 2.45) is 0 Å². The summed E-state index contributed by atoms with van der Waals surface area (Å²) in [6.45, 7) is 1.79. The van der Waals surface area contributed by atoms with Crippen LogP contribution < -0.4 is 15.8 Å². The number of piperidine rings is 1. The van der Waals surface area contributed by atoms with Crippen molar-refractivity contribution in [3.05, 3.63) is 54.5 Å². The molecule has 1 aliphatic rings. The number of halogens is 3. The molecule has 1 aromatic carbocycles. The van der Waals surface area contributed by atoms with Gasteiger partial charge in [0.25, 0.3) is 10.0 Å². The van der Waals surface area contributed by atoms with E-state index in [9.17, 15) is 21.6 Å². The van der Waals surface area contributed by atoms with E-state index in [0.717, 1.165) is 38.1 Å². The average molecular weight is 466 g/mol.